The van der Waals surface area contributed by atoms with E-state index in [-0.39, 0.29) is 11.9 Å². The summed E-state index contributed by atoms with van der Waals surface area (Å²) >= 11 is 0. The van der Waals surface area contributed by atoms with Crippen molar-refractivity contribution in [2.45, 2.75) is 44.8 Å². The Morgan fingerprint density at radius 3 is 2.61 bits per heavy atom. The van der Waals surface area contributed by atoms with Crippen LogP contribution in [0.15, 0.2) is 47.4 Å². The van der Waals surface area contributed by atoms with E-state index >= 15 is 0 Å². The third-order valence-electron chi connectivity index (χ3n) is 5.10. The van der Waals surface area contributed by atoms with Gasteiger partial charge in [-0.05, 0) is 24.6 Å². The highest BCUT2D eigenvalue weighted by molar-refractivity contribution is 6.03. The van der Waals surface area contributed by atoms with Gasteiger partial charge in [-0.25, -0.2) is 4.79 Å². The molecular formula is C21H25F2N3O5. The monoisotopic (exact) mass is 437 g/mol. The normalized spacial score (nSPS) is 23.6. The van der Waals surface area contributed by atoms with Crippen molar-refractivity contribution in [3.63, 3.8) is 0 Å². The number of benzene rings is 1. The van der Waals surface area contributed by atoms with Gasteiger partial charge in [0.15, 0.2) is 6.23 Å². The van der Waals surface area contributed by atoms with Crippen LogP contribution in [0.4, 0.5) is 14.6 Å². The van der Waals surface area contributed by atoms with Crippen LogP contribution in [0.25, 0.3) is 0 Å². The number of nitrogens with one attached hydrogen (secondary N) is 1. The van der Waals surface area contributed by atoms with Gasteiger partial charge in [0.2, 0.25) is 0 Å². The van der Waals surface area contributed by atoms with E-state index in [9.17, 15) is 18.4 Å². The third-order valence-corrected chi connectivity index (χ3v) is 5.10. The van der Waals surface area contributed by atoms with Crippen molar-refractivity contribution in [3.05, 3.63) is 58.6 Å². The molecule has 2 aromatic rings. The second-order valence-corrected chi connectivity index (χ2v) is 7.31. The van der Waals surface area contributed by atoms with Gasteiger partial charge in [0.25, 0.3) is 5.91 Å². The van der Waals surface area contributed by atoms with Gasteiger partial charge < -0.3 is 19.5 Å². The average molecular weight is 437 g/mol. The highest BCUT2D eigenvalue weighted by Crippen LogP contribution is 2.39. The number of aromatic nitrogens is 2. The molecule has 4 atom stereocenters. The first-order valence-electron chi connectivity index (χ1n) is 9.91. The topological polar surface area (TPSA) is 91.7 Å². The molecule has 1 aliphatic heterocycles. The molecule has 10 heteroatoms. The van der Waals surface area contributed by atoms with E-state index in [4.69, 9.17) is 9.47 Å². The van der Waals surface area contributed by atoms with Crippen molar-refractivity contribution in [2.24, 2.45) is 5.92 Å². The number of rotatable bonds is 8. The lowest BCUT2D eigenvalue weighted by molar-refractivity contribution is -0.296. The fourth-order valence-corrected chi connectivity index (χ4v) is 3.56. The van der Waals surface area contributed by atoms with Crippen LogP contribution < -0.4 is 11.0 Å². The summed E-state index contributed by atoms with van der Waals surface area (Å²) in [5, 5.41) is 2.54. The number of hydrogen-bond donors (Lipinski definition) is 1. The van der Waals surface area contributed by atoms with Crippen LogP contribution in [0.3, 0.4) is 0 Å². The number of nitrogens with zero attached hydrogens (tertiary/aromatic N) is 2. The van der Waals surface area contributed by atoms with Crippen LogP contribution >= 0.6 is 0 Å². The minimum Gasteiger partial charge on any atom is -0.376 e. The second-order valence-electron chi connectivity index (χ2n) is 7.31. The fraction of sp³-hybridized carbons (Fsp3) is 0.476. The summed E-state index contributed by atoms with van der Waals surface area (Å²) in [5.74, 6) is -0.792. The van der Waals surface area contributed by atoms with Crippen molar-refractivity contribution < 1.29 is 27.8 Å². The molecule has 2 heterocycles. The van der Waals surface area contributed by atoms with Crippen LogP contribution in [0.5, 0.6) is 0 Å². The summed E-state index contributed by atoms with van der Waals surface area (Å²) in [6, 6.07) is 9.84. The largest absolute Gasteiger partial charge is 0.379 e. The van der Waals surface area contributed by atoms with Crippen molar-refractivity contribution in [1.82, 2.24) is 9.55 Å². The maximum atomic E-state index is 14.1. The minimum absolute atomic E-state index is 0.0374. The van der Waals surface area contributed by atoms with Crippen molar-refractivity contribution in [2.75, 3.05) is 19.0 Å². The summed E-state index contributed by atoms with van der Waals surface area (Å²) in [4.78, 5) is 28.8. The van der Waals surface area contributed by atoms with Crippen LogP contribution in [0.2, 0.25) is 0 Å². The van der Waals surface area contributed by atoms with Crippen LogP contribution in [0.1, 0.15) is 36.9 Å². The maximum Gasteiger partial charge on any atom is 0.379 e. The van der Waals surface area contributed by atoms with Gasteiger partial charge in [0.1, 0.15) is 18.5 Å². The van der Waals surface area contributed by atoms with E-state index in [1.165, 1.54) is 12.3 Å². The molecule has 0 bridgehead atoms. The molecule has 1 aromatic carbocycles. The molecule has 1 aliphatic rings. The number of ether oxygens (including phenoxy) is 3. The predicted molar refractivity (Wildman–Crippen MR) is 108 cm³/mol. The number of halogens is 2. The molecule has 0 unspecified atom stereocenters. The van der Waals surface area contributed by atoms with Crippen molar-refractivity contribution in [1.29, 1.82) is 0 Å². The lowest BCUT2D eigenvalue weighted by Gasteiger charge is -2.27. The van der Waals surface area contributed by atoms with Crippen LogP contribution in [-0.4, -0.2) is 47.5 Å². The number of amides is 1. The van der Waals surface area contributed by atoms with Gasteiger partial charge in [-0.3, -0.25) is 9.36 Å². The molecule has 1 N–H and O–H groups in total. The zero-order chi connectivity index (χ0) is 22.6. The number of alkyl halides is 2. The smallest absolute Gasteiger partial charge is 0.376 e. The highest BCUT2D eigenvalue weighted by atomic mass is 19.3. The lowest BCUT2D eigenvalue weighted by Crippen LogP contribution is -2.40. The van der Waals surface area contributed by atoms with Gasteiger partial charge in [-0.1, -0.05) is 32.0 Å². The first kappa shape index (κ1) is 23.0. The molecule has 1 aromatic heterocycles. The van der Waals surface area contributed by atoms with E-state index in [0.29, 0.717) is 12.0 Å². The molecular weight excluding hydrogens is 412 g/mol. The Morgan fingerprint density at radius 1 is 1.29 bits per heavy atom. The molecule has 8 nitrogen and oxygen atoms in total. The van der Waals surface area contributed by atoms with E-state index < -0.39 is 42.6 Å². The fourth-order valence-electron chi connectivity index (χ4n) is 3.56. The van der Waals surface area contributed by atoms with Gasteiger partial charge >= 0.3 is 11.8 Å². The van der Waals surface area contributed by atoms with E-state index in [1.54, 1.807) is 37.3 Å². The van der Waals surface area contributed by atoms with E-state index in [2.05, 4.69) is 15.0 Å². The quantitative estimate of drug-likeness (QED) is 0.683. The van der Waals surface area contributed by atoms with Gasteiger partial charge in [-0.15, -0.1) is 0 Å². The Morgan fingerprint density at radius 2 is 2.00 bits per heavy atom. The van der Waals surface area contributed by atoms with Crippen LogP contribution in [-0.2, 0) is 14.2 Å². The summed E-state index contributed by atoms with van der Waals surface area (Å²) in [7, 11) is 1.15. The van der Waals surface area contributed by atoms with Gasteiger partial charge in [0.05, 0.1) is 6.10 Å². The molecule has 0 saturated carbocycles. The number of anilines is 1. The number of hydrogen-bond acceptors (Lipinski definition) is 6. The predicted octanol–water partition coefficient (Wildman–Crippen LogP) is 3.06. The standard InChI is InChI=1S/C21H25F2N3O5/c1-4-15-13(2)17(31-21(22,23)12-29-3)19(30-15)26-11-10-16(25-20(26)28)24-18(27)14-8-6-5-7-9-14/h5-11,13,15,17,19H,4,12H2,1-3H3,(H,24,25,27,28)/t13-,15-,17-,19-/m1/s1. The zero-order valence-electron chi connectivity index (χ0n) is 17.5. The number of methoxy groups -OCH3 is 1. The van der Waals surface area contributed by atoms with Crippen molar-refractivity contribution >= 4 is 11.7 Å². The third kappa shape index (κ3) is 5.33. The molecule has 1 saturated heterocycles. The average Bonchev–Trinajstić information content (AvgIpc) is 3.03. The van der Waals surface area contributed by atoms with Gasteiger partial charge in [-0.2, -0.15) is 13.8 Å². The first-order chi connectivity index (χ1) is 14.8. The molecule has 0 aliphatic carbocycles. The van der Waals surface area contributed by atoms with Gasteiger partial charge in [0, 0.05) is 24.8 Å². The summed E-state index contributed by atoms with van der Waals surface area (Å²) in [5.41, 5.74) is -0.357. The van der Waals surface area contributed by atoms with E-state index in [1.807, 2.05) is 6.92 Å². The van der Waals surface area contributed by atoms with Crippen LogP contribution in [0, 0.1) is 5.92 Å². The SMILES string of the molecule is CC[C@H]1O[C@@H](n2ccc(NC(=O)c3ccccc3)nc2=O)[C@H](OC(F)(F)COC)[C@@H]1C. The Labute approximate surface area is 178 Å². The molecule has 3 rings (SSSR count). The Hall–Kier alpha value is -2.69. The molecule has 1 amide bonds. The number of carbonyl (C=O) groups is 1. The lowest BCUT2D eigenvalue weighted by atomic mass is 9.98. The maximum absolute atomic E-state index is 14.1. The minimum atomic E-state index is -3.54. The molecule has 168 valence electrons. The summed E-state index contributed by atoms with van der Waals surface area (Å²) < 4.78 is 44.7. The second kappa shape index (κ2) is 9.63. The summed E-state index contributed by atoms with van der Waals surface area (Å²) in [6.45, 7) is 2.67. The molecule has 0 radical (unpaired) electrons. The zero-order valence-corrected chi connectivity index (χ0v) is 17.5. The molecule has 31 heavy (non-hydrogen) atoms. The summed E-state index contributed by atoms with van der Waals surface area (Å²) in [6.07, 6.45) is -4.21. The molecule has 1 fully saturated rings. The Kier molecular flexibility index (Phi) is 7.14. The highest BCUT2D eigenvalue weighted by Gasteiger charge is 2.48. The van der Waals surface area contributed by atoms with E-state index in [0.717, 1.165) is 11.7 Å². The number of carbonyl (C=O) groups excluding carboxylic acids is 1. The Balaban J connectivity index is 1.82. The first-order valence-corrected chi connectivity index (χ1v) is 9.91. The van der Waals surface area contributed by atoms with Crippen molar-refractivity contribution in [3.8, 4) is 0 Å². The molecule has 0 spiro atoms. The Bertz CT molecular complexity index is 954.